The third-order valence-corrected chi connectivity index (χ3v) is 3.60. The van der Waals surface area contributed by atoms with Gasteiger partial charge in [-0.25, -0.2) is 4.79 Å². The van der Waals surface area contributed by atoms with E-state index in [1.165, 1.54) is 0 Å². The van der Waals surface area contributed by atoms with E-state index in [1.807, 2.05) is 0 Å². The van der Waals surface area contributed by atoms with E-state index >= 15 is 0 Å². The second kappa shape index (κ2) is 6.84. The molecule has 1 rings (SSSR count). The van der Waals surface area contributed by atoms with Crippen molar-refractivity contribution in [2.45, 2.75) is 58.0 Å². The molecule has 0 atom stereocenters. The minimum Gasteiger partial charge on any atom is -0.388 e. The highest BCUT2D eigenvalue weighted by Crippen LogP contribution is 2.31. The summed E-state index contributed by atoms with van der Waals surface area (Å²) in [5, 5.41) is 15.8. The van der Waals surface area contributed by atoms with Crippen LogP contribution in [0.25, 0.3) is 0 Å². The largest absolute Gasteiger partial charge is 0.388 e. The summed E-state index contributed by atoms with van der Waals surface area (Å²) in [6.07, 6.45) is 5.76. The van der Waals surface area contributed by atoms with E-state index < -0.39 is 5.60 Å². The quantitative estimate of drug-likeness (QED) is 0.646. The molecule has 1 fully saturated rings. The Kier molecular flexibility index (Phi) is 5.75. The monoisotopic (exact) mass is 242 g/mol. The fraction of sp³-hybridized carbons (Fsp3) is 0.923. The van der Waals surface area contributed by atoms with Crippen molar-refractivity contribution in [3.63, 3.8) is 0 Å². The van der Waals surface area contributed by atoms with Crippen molar-refractivity contribution in [3.05, 3.63) is 0 Å². The molecule has 0 heterocycles. The zero-order chi connectivity index (χ0) is 12.7. The first kappa shape index (κ1) is 14.3. The maximum atomic E-state index is 11.4. The highest BCUT2D eigenvalue weighted by Gasteiger charge is 2.31. The fourth-order valence-corrected chi connectivity index (χ4v) is 2.16. The minimum atomic E-state index is -0.686. The number of hydrogen-bond acceptors (Lipinski definition) is 2. The van der Waals surface area contributed by atoms with Crippen LogP contribution in [-0.2, 0) is 0 Å². The van der Waals surface area contributed by atoms with Gasteiger partial charge in [-0.2, -0.15) is 0 Å². The molecule has 1 aliphatic rings. The van der Waals surface area contributed by atoms with Crippen molar-refractivity contribution in [3.8, 4) is 0 Å². The average molecular weight is 242 g/mol. The van der Waals surface area contributed by atoms with Crippen LogP contribution in [0.5, 0.6) is 0 Å². The summed E-state index contributed by atoms with van der Waals surface area (Å²) >= 11 is 0. The van der Waals surface area contributed by atoms with Crippen LogP contribution in [0.15, 0.2) is 0 Å². The van der Waals surface area contributed by atoms with E-state index in [-0.39, 0.29) is 6.03 Å². The Morgan fingerprint density at radius 1 is 1.35 bits per heavy atom. The van der Waals surface area contributed by atoms with Crippen LogP contribution in [0.2, 0.25) is 0 Å². The van der Waals surface area contributed by atoms with Crippen molar-refractivity contribution < 1.29 is 9.90 Å². The van der Waals surface area contributed by atoms with Gasteiger partial charge in [0.2, 0.25) is 0 Å². The van der Waals surface area contributed by atoms with Crippen LogP contribution < -0.4 is 10.6 Å². The highest BCUT2D eigenvalue weighted by molar-refractivity contribution is 5.73. The highest BCUT2D eigenvalue weighted by atomic mass is 16.3. The molecule has 17 heavy (non-hydrogen) atoms. The smallest absolute Gasteiger partial charge is 0.314 e. The number of rotatable bonds is 5. The molecule has 0 radical (unpaired) electrons. The van der Waals surface area contributed by atoms with Gasteiger partial charge in [0.05, 0.1) is 5.60 Å². The summed E-state index contributed by atoms with van der Waals surface area (Å²) in [6.45, 7) is 5.38. The van der Waals surface area contributed by atoms with Gasteiger partial charge < -0.3 is 15.7 Å². The number of unbranched alkanes of at least 4 members (excludes halogenated alkanes) is 1. The van der Waals surface area contributed by atoms with E-state index in [0.29, 0.717) is 19.0 Å². The molecule has 2 amide bonds. The first-order valence-corrected chi connectivity index (χ1v) is 6.80. The van der Waals surface area contributed by atoms with Gasteiger partial charge in [-0.15, -0.1) is 0 Å². The third-order valence-electron chi connectivity index (χ3n) is 3.60. The zero-order valence-corrected chi connectivity index (χ0v) is 11.1. The average Bonchev–Trinajstić information content (AvgIpc) is 2.32. The second-order valence-corrected chi connectivity index (χ2v) is 5.37. The first-order chi connectivity index (χ1) is 8.06. The fourth-order valence-electron chi connectivity index (χ4n) is 2.16. The Morgan fingerprint density at radius 2 is 2.00 bits per heavy atom. The number of carbonyl (C=O) groups excluding carboxylic acids is 1. The zero-order valence-electron chi connectivity index (χ0n) is 11.1. The van der Waals surface area contributed by atoms with E-state index in [0.717, 1.165) is 38.5 Å². The van der Waals surface area contributed by atoms with Gasteiger partial charge in [-0.05, 0) is 38.0 Å². The molecule has 0 saturated heterocycles. The summed E-state index contributed by atoms with van der Waals surface area (Å²) in [7, 11) is 0. The molecule has 0 aromatic carbocycles. The molecule has 4 nitrogen and oxygen atoms in total. The van der Waals surface area contributed by atoms with Crippen LogP contribution in [0.1, 0.15) is 52.4 Å². The molecule has 0 spiro atoms. The Balaban J connectivity index is 2.18. The van der Waals surface area contributed by atoms with Gasteiger partial charge in [0.1, 0.15) is 0 Å². The van der Waals surface area contributed by atoms with E-state index in [9.17, 15) is 9.90 Å². The van der Waals surface area contributed by atoms with Crippen molar-refractivity contribution in [2.75, 3.05) is 13.1 Å². The van der Waals surface area contributed by atoms with Gasteiger partial charge in [0.15, 0.2) is 0 Å². The molecule has 0 aromatic heterocycles. The van der Waals surface area contributed by atoms with Crippen LogP contribution in [0.3, 0.4) is 0 Å². The predicted octanol–water partition coefficient (Wildman–Crippen LogP) is 2.03. The van der Waals surface area contributed by atoms with Crippen LogP contribution in [0.4, 0.5) is 4.79 Å². The van der Waals surface area contributed by atoms with Crippen molar-refractivity contribution in [2.24, 2.45) is 5.92 Å². The number of amides is 2. The molecule has 4 heteroatoms. The molecule has 1 saturated carbocycles. The summed E-state index contributed by atoms with van der Waals surface area (Å²) in [5.74, 6) is 0.702. The lowest BCUT2D eigenvalue weighted by Crippen LogP contribution is -2.48. The lowest BCUT2D eigenvalue weighted by molar-refractivity contribution is -0.00387. The number of urea groups is 1. The SMILES string of the molecule is CCCCNC(=O)NCC1(O)CCC(C)CC1. The molecular weight excluding hydrogens is 216 g/mol. The Hall–Kier alpha value is -0.770. The Bertz CT molecular complexity index is 236. The van der Waals surface area contributed by atoms with Crippen molar-refractivity contribution in [1.82, 2.24) is 10.6 Å². The van der Waals surface area contributed by atoms with Crippen molar-refractivity contribution >= 4 is 6.03 Å². The summed E-state index contributed by atoms with van der Waals surface area (Å²) < 4.78 is 0. The minimum absolute atomic E-state index is 0.162. The van der Waals surface area contributed by atoms with Crippen molar-refractivity contribution in [1.29, 1.82) is 0 Å². The number of nitrogens with one attached hydrogen (secondary N) is 2. The molecule has 0 aromatic rings. The molecular formula is C13H26N2O2. The maximum absolute atomic E-state index is 11.4. The lowest BCUT2D eigenvalue weighted by Gasteiger charge is -2.34. The lowest BCUT2D eigenvalue weighted by atomic mass is 9.79. The van der Waals surface area contributed by atoms with E-state index in [4.69, 9.17) is 0 Å². The Morgan fingerprint density at radius 3 is 2.59 bits per heavy atom. The predicted molar refractivity (Wildman–Crippen MR) is 68.9 cm³/mol. The molecule has 100 valence electrons. The number of carbonyl (C=O) groups is 1. The van der Waals surface area contributed by atoms with Gasteiger partial charge >= 0.3 is 6.03 Å². The molecule has 0 bridgehead atoms. The molecule has 3 N–H and O–H groups in total. The van der Waals surface area contributed by atoms with E-state index in [2.05, 4.69) is 24.5 Å². The third kappa shape index (κ3) is 5.39. The second-order valence-electron chi connectivity index (χ2n) is 5.37. The number of hydrogen-bond donors (Lipinski definition) is 3. The van der Waals surface area contributed by atoms with Crippen LogP contribution in [0, 0.1) is 5.92 Å². The van der Waals surface area contributed by atoms with Crippen LogP contribution in [-0.4, -0.2) is 29.8 Å². The maximum Gasteiger partial charge on any atom is 0.314 e. The summed E-state index contributed by atoms with van der Waals surface area (Å²) in [6, 6.07) is -0.162. The van der Waals surface area contributed by atoms with Gasteiger partial charge in [0.25, 0.3) is 0 Å². The van der Waals surface area contributed by atoms with Crippen LogP contribution >= 0.6 is 0 Å². The first-order valence-electron chi connectivity index (χ1n) is 6.80. The summed E-state index contributed by atoms with van der Waals surface area (Å²) in [4.78, 5) is 11.4. The van der Waals surface area contributed by atoms with Gasteiger partial charge in [0, 0.05) is 13.1 Å². The summed E-state index contributed by atoms with van der Waals surface area (Å²) in [5.41, 5.74) is -0.686. The number of aliphatic hydroxyl groups is 1. The normalized spacial score (nSPS) is 28.8. The van der Waals surface area contributed by atoms with E-state index in [1.54, 1.807) is 0 Å². The molecule has 1 aliphatic carbocycles. The topological polar surface area (TPSA) is 61.4 Å². The standard InChI is InChI=1S/C13H26N2O2/c1-3-4-9-14-12(16)15-10-13(17)7-5-11(2)6-8-13/h11,17H,3-10H2,1-2H3,(H2,14,15,16). The Labute approximate surface area is 104 Å². The van der Waals surface area contributed by atoms with Gasteiger partial charge in [-0.3, -0.25) is 0 Å². The molecule has 0 unspecified atom stereocenters. The molecule has 0 aliphatic heterocycles. The van der Waals surface area contributed by atoms with Gasteiger partial charge in [-0.1, -0.05) is 20.3 Å².